The van der Waals surface area contributed by atoms with Gasteiger partial charge >= 0.3 is 0 Å². The van der Waals surface area contributed by atoms with Crippen molar-refractivity contribution in [3.63, 3.8) is 0 Å². The fraction of sp³-hybridized carbons (Fsp3) is 0.412. The number of aromatic nitrogens is 2. The first-order valence-electron chi connectivity index (χ1n) is 7.92. The maximum absolute atomic E-state index is 12.8. The van der Waals surface area contributed by atoms with Crippen LogP contribution in [0.5, 0.6) is 5.75 Å². The molecule has 0 bridgehead atoms. The van der Waals surface area contributed by atoms with Gasteiger partial charge in [0.05, 0.1) is 12.4 Å². The highest BCUT2D eigenvalue weighted by molar-refractivity contribution is 6.30. The fourth-order valence-corrected chi connectivity index (χ4v) is 3.64. The Bertz CT molecular complexity index is 717. The Morgan fingerprint density at radius 3 is 3.13 bits per heavy atom. The molecule has 1 amide bonds. The molecule has 1 fully saturated rings. The van der Waals surface area contributed by atoms with Crippen molar-refractivity contribution in [1.82, 2.24) is 14.5 Å². The standard InChI is InChI=1S/C17H18ClN3O2/c18-13-3-4-15-12(8-13)9-16(23-15)17(22)20-6-1-2-14(10-20)21-7-5-19-11-21/h3-5,7-8,11,14,16H,1-2,6,9-10H2/t14-,16-/m0/s1. The van der Waals surface area contributed by atoms with Crippen LogP contribution in [0.15, 0.2) is 36.9 Å². The van der Waals surface area contributed by atoms with Gasteiger partial charge in [0, 0.05) is 36.9 Å². The van der Waals surface area contributed by atoms with Crippen molar-refractivity contribution in [3.05, 3.63) is 47.5 Å². The first-order valence-corrected chi connectivity index (χ1v) is 8.30. The monoisotopic (exact) mass is 331 g/mol. The van der Waals surface area contributed by atoms with Crippen LogP contribution in [0, 0.1) is 0 Å². The Hall–Kier alpha value is -2.01. The lowest BCUT2D eigenvalue weighted by Gasteiger charge is -2.34. The van der Waals surface area contributed by atoms with E-state index in [1.165, 1.54) is 0 Å². The minimum absolute atomic E-state index is 0.0714. The molecule has 2 aromatic rings. The maximum Gasteiger partial charge on any atom is 0.264 e. The zero-order valence-corrected chi connectivity index (χ0v) is 13.4. The molecule has 23 heavy (non-hydrogen) atoms. The van der Waals surface area contributed by atoms with Gasteiger partial charge in [0.2, 0.25) is 0 Å². The summed E-state index contributed by atoms with van der Waals surface area (Å²) in [7, 11) is 0. The van der Waals surface area contributed by atoms with Crippen molar-refractivity contribution < 1.29 is 9.53 Å². The second kappa shape index (κ2) is 5.89. The summed E-state index contributed by atoms with van der Waals surface area (Å²) in [6.45, 7) is 1.51. The number of likely N-dealkylation sites (tertiary alicyclic amines) is 1. The topological polar surface area (TPSA) is 47.4 Å². The summed E-state index contributed by atoms with van der Waals surface area (Å²) in [6.07, 6.45) is 7.81. The first-order chi connectivity index (χ1) is 11.2. The Morgan fingerprint density at radius 1 is 1.39 bits per heavy atom. The number of halogens is 1. The van der Waals surface area contributed by atoms with E-state index in [1.807, 2.05) is 29.6 Å². The van der Waals surface area contributed by atoms with Crippen molar-refractivity contribution in [3.8, 4) is 5.75 Å². The molecular formula is C17H18ClN3O2. The number of amides is 1. The third kappa shape index (κ3) is 2.81. The number of carbonyl (C=O) groups is 1. The molecule has 1 aromatic heterocycles. The molecule has 1 aromatic carbocycles. The van der Waals surface area contributed by atoms with Crippen LogP contribution in [-0.2, 0) is 11.2 Å². The molecule has 1 saturated heterocycles. The van der Waals surface area contributed by atoms with Gasteiger partial charge in [-0.05, 0) is 36.6 Å². The van der Waals surface area contributed by atoms with Crippen LogP contribution >= 0.6 is 11.6 Å². The van der Waals surface area contributed by atoms with Crippen LogP contribution in [0.4, 0.5) is 0 Å². The van der Waals surface area contributed by atoms with E-state index in [4.69, 9.17) is 16.3 Å². The largest absolute Gasteiger partial charge is 0.480 e. The van der Waals surface area contributed by atoms with Crippen molar-refractivity contribution in [2.45, 2.75) is 31.4 Å². The number of benzene rings is 1. The van der Waals surface area contributed by atoms with Gasteiger partial charge in [-0.2, -0.15) is 0 Å². The number of hydrogen-bond acceptors (Lipinski definition) is 3. The van der Waals surface area contributed by atoms with Gasteiger partial charge < -0.3 is 14.2 Å². The number of piperidine rings is 1. The van der Waals surface area contributed by atoms with Crippen molar-refractivity contribution in [1.29, 1.82) is 0 Å². The Balaban J connectivity index is 1.45. The quantitative estimate of drug-likeness (QED) is 0.850. The van der Waals surface area contributed by atoms with Gasteiger partial charge in [-0.25, -0.2) is 4.98 Å². The zero-order valence-electron chi connectivity index (χ0n) is 12.7. The zero-order chi connectivity index (χ0) is 15.8. The summed E-state index contributed by atoms with van der Waals surface area (Å²) >= 11 is 6.02. The highest BCUT2D eigenvalue weighted by Gasteiger charge is 2.34. The molecule has 0 radical (unpaired) electrons. The highest BCUT2D eigenvalue weighted by atomic mass is 35.5. The number of rotatable bonds is 2. The van der Waals surface area contributed by atoms with Crippen molar-refractivity contribution in [2.75, 3.05) is 13.1 Å². The molecule has 5 nitrogen and oxygen atoms in total. The minimum Gasteiger partial charge on any atom is -0.480 e. The van der Waals surface area contributed by atoms with Gasteiger partial charge in [0.1, 0.15) is 5.75 Å². The van der Waals surface area contributed by atoms with E-state index in [0.717, 1.165) is 30.7 Å². The Kier molecular flexibility index (Phi) is 3.73. The van der Waals surface area contributed by atoms with Crippen LogP contribution in [0.3, 0.4) is 0 Å². The Morgan fingerprint density at radius 2 is 2.30 bits per heavy atom. The van der Waals surface area contributed by atoms with Gasteiger partial charge in [-0.15, -0.1) is 0 Å². The number of ether oxygens (including phenoxy) is 1. The molecule has 3 heterocycles. The van der Waals surface area contributed by atoms with E-state index in [1.54, 1.807) is 12.3 Å². The molecular weight excluding hydrogens is 314 g/mol. The predicted octanol–water partition coefficient (Wildman–Crippen LogP) is 2.70. The molecule has 4 rings (SSSR count). The highest BCUT2D eigenvalue weighted by Crippen LogP contribution is 2.32. The summed E-state index contributed by atoms with van der Waals surface area (Å²) in [5, 5.41) is 0.679. The molecule has 2 atom stereocenters. The molecule has 6 heteroatoms. The van der Waals surface area contributed by atoms with Gasteiger partial charge in [0.15, 0.2) is 6.10 Å². The normalized spacial score (nSPS) is 23.4. The van der Waals surface area contributed by atoms with Crippen molar-refractivity contribution >= 4 is 17.5 Å². The molecule has 120 valence electrons. The van der Waals surface area contributed by atoms with Crippen LogP contribution in [-0.4, -0.2) is 39.6 Å². The molecule has 2 aliphatic heterocycles. The van der Waals surface area contributed by atoms with Gasteiger partial charge in [0.25, 0.3) is 5.91 Å². The van der Waals surface area contributed by atoms with Gasteiger partial charge in [-0.3, -0.25) is 4.79 Å². The maximum atomic E-state index is 12.8. The summed E-state index contributed by atoms with van der Waals surface area (Å²) in [4.78, 5) is 18.8. The summed E-state index contributed by atoms with van der Waals surface area (Å²) < 4.78 is 7.92. The van der Waals surface area contributed by atoms with E-state index in [2.05, 4.69) is 9.55 Å². The lowest BCUT2D eigenvalue weighted by molar-refractivity contribution is -0.139. The van der Waals surface area contributed by atoms with Crippen LogP contribution < -0.4 is 4.74 Å². The van der Waals surface area contributed by atoms with Crippen molar-refractivity contribution in [2.24, 2.45) is 0 Å². The molecule has 2 aliphatic rings. The molecule has 0 N–H and O–H groups in total. The first kappa shape index (κ1) is 14.6. The van der Waals surface area contributed by atoms with Gasteiger partial charge in [-0.1, -0.05) is 11.6 Å². The molecule has 0 spiro atoms. The van der Waals surface area contributed by atoms with E-state index in [9.17, 15) is 4.79 Å². The number of carbonyl (C=O) groups excluding carboxylic acids is 1. The van der Waals surface area contributed by atoms with E-state index in [0.29, 0.717) is 24.0 Å². The van der Waals surface area contributed by atoms with E-state index in [-0.39, 0.29) is 5.91 Å². The minimum atomic E-state index is -0.426. The van der Waals surface area contributed by atoms with E-state index < -0.39 is 6.10 Å². The lowest BCUT2D eigenvalue weighted by Crippen LogP contribution is -2.46. The smallest absolute Gasteiger partial charge is 0.264 e. The number of hydrogen-bond donors (Lipinski definition) is 0. The number of imidazole rings is 1. The number of nitrogens with zero attached hydrogens (tertiary/aromatic N) is 3. The van der Waals surface area contributed by atoms with Crippen LogP contribution in [0.2, 0.25) is 5.02 Å². The molecule has 0 saturated carbocycles. The fourth-order valence-electron chi connectivity index (χ4n) is 3.44. The average molecular weight is 332 g/mol. The summed E-state index contributed by atoms with van der Waals surface area (Å²) in [5.41, 5.74) is 1.01. The third-order valence-corrected chi connectivity index (χ3v) is 4.86. The second-order valence-corrected chi connectivity index (χ2v) is 6.59. The lowest BCUT2D eigenvalue weighted by atomic mass is 10.0. The summed E-state index contributed by atoms with van der Waals surface area (Å²) in [5.74, 6) is 0.845. The van der Waals surface area contributed by atoms with E-state index >= 15 is 0 Å². The molecule has 0 aliphatic carbocycles. The number of fused-ring (bicyclic) bond motifs is 1. The molecule has 0 unspecified atom stereocenters. The summed E-state index contributed by atoms with van der Waals surface area (Å²) in [6, 6.07) is 5.82. The second-order valence-electron chi connectivity index (χ2n) is 6.15. The third-order valence-electron chi connectivity index (χ3n) is 4.63. The predicted molar refractivity (Wildman–Crippen MR) is 86.7 cm³/mol. The average Bonchev–Trinajstić information content (AvgIpc) is 3.23. The Labute approximate surface area is 139 Å². The SMILES string of the molecule is O=C([C@@H]1Cc2cc(Cl)ccc2O1)N1CCC[C@H](n2ccnc2)C1. The van der Waals surface area contributed by atoms with Crippen LogP contribution in [0.1, 0.15) is 24.4 Å². The van der Waals surface area contributed by atoms with Crippen LogP contribution in [0.25, 0.3) is 0 Å².